The third-order valence-corrected chi connectivity index (χ3v) is 7.43. The Balaban J connectivity index is 1.57. The van der Waals surface area contributed by atoms with Gasteiger partial charge in [0.2, 0.25) is 5.91 Å². The highest BCUT2D eigenvalue weighted by Gasteiger charge is 2.34. The molecule has 3 rings (SSSR count). The molecule has 0 aliphatic heterocycles. The maximum atomic E-state index is 12.6. The first-order valence-electron chi connectivity index (χ1n) is 11.8. The Labute approximate surface area is 201 Å². The topological polar surface area (TPSA) is 77.6 Å². The van der Waals surface area contributed by atoms with E-state index in [4.69, 9.17) is 0 Å². The minimum atomic E-state index is -0.204. The lowest BCUT2D eigenvalue weighted by Crippen LogP contribution is -2.52. The number of anilines is 1. The first-order valence-corrected chi connectivity index (χ1v) is 12.6. The Kier molecular flexibility index (Phi) is 9.26. The standard InChI is InChI=1S/C25H37N5O2S/c1-18-17-33-25(26-18)28-24(32)27-23-13-12-22(30(4)19(2)31)15-21(23)16-29(3)14-8-11-20-9-6-5-7-10-20/h5-7,9-10,17,21-23H,8,11-16H2,1-4H3,(H2,26,27,28,32)/t21-,22-,23+/m0/s1. The van der Waals surface area contributed by atoms with Gasteiger partial charge in [-0.15, -0.1) is 11.3 Å². The molecule has 1 aliphatic carbocycles. The first kappa shape index (κ1) is 25.2. The Hall–Kier alpha value is -2.45. The summed E-state index contributed by atoms with van der Waals surface area (Å²) in [6, 6.07) is 10.6. The molecule has 8 heteroatoms. The zero-order valence-electron chi connectivity index (χ0n) is 20.2. The van der Waals surface area contributed by atoms with Crippen molar-refractivity contribution >= 4 is 28.4 Å². The van der Waals surface area contributed by atoms with Gasteiger partial charge in [-0.05, 0) is 64.1 Å². The van der Waals surface area contributed by atoms with Gasteiger partial charge in [-0.2, -0.15) is 0 Å². The third kappa shape index (κ3) is 7.82. The van der Waals surface area contributed by atoms with Crippen molar-refractivity contribution in [3.05, 3.63) is 47.0 Å². The van der Waals surface area contributed by atoms with Crippen molar-refractivity contribution in [3.8, 4) is 0 Å². The van der Waals surface area contributed by atoms with E-state index in [1.54, 1.807) is 6.92 Å². The molecule has 1 aromatic carbocycles. The summed E-state index contributed by atoms with van der Waals surface area (Å²) in [5.41, 5.74) is 2.26. The summed E-state index contributed by atoms with van der Waals surface area (Å²) in [4.78, 5) is 33.1. The summed E-state index contributed by atoms with van der Waals surface area (Å²) in [6.45, 7) is 5.42. The van der Waals surface area contributed by atoms with Gasteiger partial charge < -0.3 is 15.1 Å². The van der Waals surface area contributed by atoms with Gasteiger partial charge >= 0.3 is 6.03 Å². The Bertz CT molecular complexity index is 903. The number of amides is 3. The highest BCUT2D eigenvalue weighted by Crippen LogP contribution is 2.29. The Morgan fingerprint density at radius 1 is 1.18 bits per heavy atom. The van der Waals surface area contributed by atoms with Crippen LogP contribution in [0.15, 0.2) is 35.7 Å². The fourth-order valence-electron chi connectivity index (χ4n) is 4.64. The van der Waals surface area contributed by atoms with Crippen LogP contribution in [0.3, 0.4) is 0 Å². The van der Waals surface area contributed by atoms with E-state index < -0.39 is 0 Å². The lowest BCUT2D eigenvalue weighted by molar-refractivity contribution is -0.130. The van der Waals surface area contributed by atoms with Gasteiger partial charge in [-0.1, -0.05) is 30.3 Å². The number of rotatable bonds is 9. The van der Waals surface area contributed by atoms with E-state index >= 15 is 0 Å². The van der Waals surface area contributed by atoms with Crippen molar-refractivity contribution in [2.24, 2.45) is 5.92 Å². The summed E-state index contributed by atoms with van der Waals surface area (Å²) in [7, 11) is 4.04. The molecule has 1 saturated carbocycles. The van der Waals surface area contributed by atoms with Crippen molar-refractivity contribution < 1.29 is 9.59 Å². The second kappa shape index (κ2) is 12.1. The molecule has 1 aromatic heterocycles. The van der Waals surface area contributed by atoms with Crippen LogP contribution in [0.5, 0.6) is 0 Å². The van der Waals surface area contributed by atoms with Crippen molar-refractivity contribution in [2.75, 3.05) is 32.5 Å². The van der Waals surface area contributed by atoms with E-state index in [9.17, 15) is 9.59 Å². The number of benzene rings is 1. The van der Waals surface area contributed by atoms with Crippen LogP contribution < -0.4 is 10.6 Å². The molecule has 180 valence electrons. The minimum Gasteiger partial charge on any atom is -0.343 e. The molecular weight excluding hydrogens is 434 g/mol. The van der Waals surface area contributed by atoms with Crippen LogP contribution in [0.1, 0.15) is 43.9 Å². The molecule has 1 heterocycles. The number of urea groups is 1. The summed E-state index contributed by atoms with van der Waals surface area (Å²) < 4.78 is 0. The molecule has 0 radical (unpaired) electrons. The van der Waals surface area contributed by atoms with Gasteiger partial charge in [0.1, 0.15) is 0 Å². The van der Waals surface area contributed by atoms with Crippen LogP contribution in [0, 0.1) is 12.8 Å². The van der Waals surface area contributed by atoms with Crippen LogP contribution in [0.25, 0.3) is 0 Å². The van der Waals surface area contributed by atoms with Crippen LogP contribution in [0.4, 0.5) is 9.93 Å². The third-order valence-electron chi connectivity index (χ3n) is 6.55. The molecule has 2 aromatic rings. The van der Waals surface area contributed by atoms with Crippen molar-refractivity contribution in [1.29, 1.82) is 0 Å². The summed E-state index contributed by atoms with van der Waals surface area (Å²) in [5, 5.41) is 8.59. The van der Waals surface area contributed by atoms with E-state index in [1.807, 2.05) is 30.3 Å². The first-order chi connectivity index (χ1) is 15.8. The maximum absolute atomic E-state index is 12.6. The van der Waals surface area contributed by atoms with Crippen molar-refractivity contribution in [2.45, 2.75) is 58.0 Å². The van der Waals surface area contributed by atoms with Crippen LogP contribution >= 0.6 is 11.3 Å². The quantitative estimate of drug-likeness (QED) is 0.576. The molecule has 2 N–H and O–H groups in total. The molecule has 1 fully saturated rings. The maximum Gasteiger partial charge on any atom is 0.321 e. The molecule has 1 aliphatic rings. The molecule has 0 bridgehead atoms. The van der Waals surface area contributed by atoms with Gasteiger partial charge in [0, 0.05) is 38.0 Å². The molecule has 0 spiro atoms. The average Bonchev–Trinajstić information content (AvgIpc) is 3.19. The number of aryl methyl sites for hydroxylation is 2. The number of nitrogens with zero attached hydrogens (tertiary/aromatic N) is 3. The van der Waals surface area contributed by atoms with Crippen LogP contribution in [0.2, 0.25) is 0 Å². The van der Waals surface area contributed by atoms with Crippen molar-refractivity contribution in [1.82, 2.24) is 20.1 Å². The van der Waals surface area contributed by atoms with E-state index in [0.29, 0.717) is 5.13 Å². The lowest BCUT2D eigenvalue weighted by Gasteiger charge is -2.41. The van der Waals surface area contributed by atoms with Gasteiger partial charge in [0.25, 0.3) is 0 Å². The van der Waals surface area contributed by atoms with E-state index in [0.717, 1.165) is 50.9 Å². The Morgan fingerprint density at radius 2 is 1.94 bits per heavy atom. The van der Waals surface area contributed by atoms with Gasteiger partial charge in [-0.3, -0.25) is 10.1 Å². The number of carbonyl (C=O) groups excluding carboxylic acids is 2. The average molecular weight is 472 g/mol. The lowest BCUT2D eigenvalue weighted by atomic mass is 9.80. The summed E-state index contributed by atoms with van der Waals surface area (Å²) >= 11 is 1.43. The second-order valence-corrected chi connectivity index (χ2v) is 10.1. The number of hydrogen-bond acceptors (Lipinski definition) is 5. The molecule has 0 saturated heterocycles. The predicted molar refractivity (Wildman–Crippen MR) is 135 cm³/mol. The summed E-state index contributed by atoms with van der Waals surface area (Å²) in [5.74, 6) is 0.370. The number of carbonyl (C=O) groups is 2. The Morgan fingerprint density at radius 3 is 2.61 bits per heavy atom. The largest absolute Gasteiger partial charge is 0.343 e. The van der Waals surface area contributed by atoms with E-state index in [2.05, 4.69) is 51.8 Å². The number of thiazole rings is 1. The highest BCUT2D eigenvalue weighted by atomic mass is 32.1. The van der Waals surface area contributed by atoms with Crippen LogP contribution in [-0.4, -0.2) is 66.0 Å². The SMILES string of the molecule is CC(=O)N(C)[C@H]1CC[C@@H](NC(=O)Nc2nc(C)cs2)[C@H](CN(C)CCCc2ccccc2)C1. The highest BCUT2D eigenvalue weighted by molar-refractivity contribution is 7.13. The van der Waals surface area contributed by atoms with E-state index in [1.165, 1.54) is 16.9 Å². The molecule has 0 unspecified atom stereocenters. The number of hydrogen-bond donors (Lipinski definition) is 2. The predicted octanol–water partition coefficient (Wildman–Crippen LogP) is 4.15. The smallest absolute Gasteiger partial charge is 0.321 e. The summed E-state index contributed by atoms with van der Waals surface area (Å²) in [6.07, 6.45) is 4.79. The second-order valence-electron chi connectivity index (χ2n) is 9.21. The molecule has 33 heavy (non-hydrogen) atoms. The zero-order chi connectivity index (χ0) is 23.8. The van der Waals surface area contributed by atoms with Crippen molar-refractivity contribution in [3.63, 3.8) is 0 Å². The van der Waals surface area contributed by atoms with Crippen LogP contribution in [-0.2, 0) is 11.2 Å². The number of aromatic nitrogens is 1. The normalized spacial score (nSPS) is 20.5. The number of nitrogens with one attached hydrogen (secondary N) is 2. The van der Waals surface area contributed by atoms with E-state index in [-0.39, 0.29) is 29.9 Å². The molecule has 3 atom stereocenters. The fourth-order valence-corrected chi connectivity index (χ4v) is 5.33. The van der Waals surface area contributed by atoms with Gasteiger partial charge in [0.15, 0.2) is 5.13 Å². The zero-order valence-corrected chi connectivity index (χ0v) is 21.0. The molecule has 7 nitrogen and oxygen atoms in total. The molecular formula is C25H37N5O2S. The monoisotopic (exact) mass is 471 g/mol. The fraction of sp³-hybridized carbons (Fsp3) is 0.560. The minimum absolute atomic E-state index is 0.0687. The molecule has 3 amide bonds. The van der Waals surface area contributed by atoms with Gasteiger partial charge in [-0.25, -0.2) is 9.78 Å². The van der Waals surface area contributed by atoms with Gasteiger partial charge in [0.05, 0.1) is 5.69 Å².